The molecule has 86 valence electrons. The molecule has 0 aromatic carbocycles. The first-order valence-corrected chi connectivity index (χ1v) is 5.36. The fourth-order valence-corrected chi connectivity index (χ4v) is 1.66. The van der Waals surface area contributed by atoms with Crippen LogP contribution in [0.5, 0.6) is 5.75 Å². The van der Waals surface area contributed by atoms with Crippen LogP contribution in [0.4, 0.5) is 0 Å². The highest BCUT2D eigenvalue weighted by Gasteiger charge is 2.06. The largest absolute Gasteiger partial charge is 0.493 e. The van der Waals surface area contributed by atoms with Gasteiger partial charge in [-0.3, -0.25) is 0 Å². The lowest BCUT2D eigenvalue weighted by molar-refractivity contribution is 0.411. The Hall–Kier alpha value is -1.55. The number of fused-ring (bicyclic) bond motifs is 1. The number of aromatic nitrogens is 2. The molecule has 0 radical (unpaired) electrons. The van der Waals surface area contributed by atoms with E-state index in [0.29, 0.717) is 0 Å². The van der Waals surface area contributed by atoms with Gasteiger partial charge in [-0.1, -0.05) is 0 Å². The highest BCUT2D eigenvalue weighted by Crippen LogP contribution is 2.18. The van der Waals surface area contributed by atoms with Crippen molar-refractivity contribution in [2.75, 3.05) is 27.7 Å². The van der Waals surface area contributed by atoms with Crippen molar-refractivity contribution < 1.29 is 4.74 Å². The molecule has 0 saturated carbocycles. The summed E-state index contributed by atoms with van der Waals surface area (Å²) in [6.07, 6.45) is 5.00. The van der Waals surface area contributed by atoms with E-state index >= 15 is 0 Å². The molecule has 0 bridgehead atoms. The number of pyridine rings is 1. The van der Waals surface area contributed by atoms with E-state index in [1.165, 1.54) is 0 Å². The third-order valence-electron chi connectivity index (χ3n) is 2.53. The van der Waals surface area contributed by atoms with Crippen LogP contribution in [0.3, 0.4) is 0 Å². The summed E-state index contributed by atoms with van der Waals surface area (Å²) in [4.78, 5) is 6.72. The fourth-order valence-electron chi connectivity index (χ4n) is 1.66. The number of rotatable bonds is 4. The maximum Gasteiger partial charge on any atom is 0.179 e. The molecule has 4 heteroatoms. The van der Waals surface area contributed by atoms with E-state index in [4.69, 9.17) is 4.74 Å². The lowest BCUT2D eigenvalue weighted by Crippen LogP contribution is -2.15. The first kappa shape index (κ1) is 11.0. The van der Waals surface area contributed by atoms with E-state index in [9.17, 15) is 0 Å². The molecule has 0 amide bonds. The van der Waals surface area contributed by atoms with Crippen molar-refractivity contribution in [3.63, 3.8) is 0 Å². The lowest BCUT2D eigenvalue weighted by atomic mass is 10.3. The van der Waals surface area contributed by atoms with E-state index in [1.54, 1.807) is 7.11 Å². The predicted octanol–water partition coefficient (Wildman–Crippen LogP) is 1.45. The number of nitrogens with zero attached hydrogens (tertiary/aromatic N) is 3. The normalized spacial score (nSPS) is 11.2. The van der Waals surface area contributed by atoms with E-state index < -0.39 is 0 Å². The van der Waals surface area contributed by atoms with Crippen LogP contribution in [-0.4, -0.2) is 42.0 Å². The van der Waals surface area contributed by atoms with Crippen LogP contribution in [0.2, 0.25) is 0 Å². The summed E-state index contributed by atoms with van der Waals surface area (Å²) in [6.45, 7) is 1.01. The summed E-state index contributed by atoms with van der Waals surface area (Å²) in [6, 6.07) is 3.89. The molecule has 2 aromatic heterocycles. The average Bonchev–Trinajstić information content (AvgIpc) is 2.68. The van der Waals surface area contributed by atoms with Crippen molar-refractivity contribution >= 4 is 5.65 Å². The van der Waals surface area contributed by atoms with Crippen LogP contribution in [0.25, 0.3) is 5.65 Å². The molecule has 4 nitrogen and oxygen atoms in total. The number of hydrogen-bond donors (Lipinski definition) is 0. The number of methoxy groups -OCH3 is 1. The summed E-state index contributed by atoms with van der Waals surface area (Å²) in [5.41, 5.74) is 1.98. The first-order valence-electron chi connectivity index (χ1n) is 5.36. The second kappa shape index (κ2) is 4.53. The molecule has 16 heavy (non-hydrogen) atoms. The highest BCUT2D eigenvalue weighted by atomic mass is 16.5. The Kier molecular flexibility index (Phi) is 3.10. The molecule has 0 aliphatic rings. The maximum atomic E-state index is 5.27. The van der Waals surface area contributed by atoms with Crippen molar-refractivity contribution in [1.29, 1.82) is 0 Å². The second-order valence-electron chi connectivity index (χ2n) is 4.09. The van der Waals surface area contributed by atoms with Crippen LogP contribution in [-0.2, 0) is 6.42 Å². The molecule has 2 aromatic rings. The Morgan fingerprint density at radius 1 is 1.44 bits per heavy atom. The Morgan fingerprint density at radius 3 is 2.94 bits per heavy atom. The average molecular weight is 219 g/mol. The van der Waals surface area contributed by atoms with Crippen molar-refractivity contribution in [1.82, 2.24) is 14.3 Å². The van der Waals surface area contributed by atoms with Crippen molar-refractivity contribution in [3.05, 3.63) is 30.2 Å². The number of ether oxygens (including phenoxy) is 1. The topological polar surface area (TPSA) is 29.8 Å². The molecule has 0 unspecified atom stereocenters. The van der Waals surface area contributed by atoms with Gasteiger partial charge in [0.1, 0.15) is 0 Å². The quantitative estimate of drug-likeness (QED) is 0.779. The Labute approximate surface area is 95.5 Å². The molecular weight excluding hydrogens is 202 g/mol. The standard InChI is InChI=1S/C12H17N3O/c1-14(2)8-6-10-9-15-7-4-5-11(16-3)12(15)13-10/h4-5,7,9H,6,8H2,1-3H3. The van der Waals surface area contributed by atoms with Crippen LogP contribution in [0.1, 0.15) is 5.69 Å². The zero-order valence-corrected chi connectivity index (χ0v) is 9.97. The van der Waals surface area contributed by atoms with Gasteiger partial charge < -0.3 is 14.0 Å². The predicted molar refractivity (Wildman–Crippen MR) is 64.0 cm³/mol. The van der Waals surface area contributed by atoms with Gasteiger partial charge in [-0.25, -0.2) is 4.98 Å². The third-order valence-corrected chi connectivity index (χ3v) is 2.53. The number of likely N-dealkylation sites (N-methyl/N-ethyl adjacent to an activating group) is 1. The van der Waals surface area contributed by atoms with Gasteiger partial charge in [0.2, 0.25) is 0 Å². The van der Waals surface area contributed by atoms with Crippen molar-refractivity contribution in [2.24, 2.45) is 0 Å². The van der Waals surface area contributed by atoms with Gasteiger partial charge in [0.15, 0.2) is 11.4 Å². The van der Waals surface area contributed by atoms with Crippen LogP contribution in [0, 0.1) is 0 Å². The van der Waals surface area contributed by atoms with Gasteiger partial charge >= 0.3 is 0 Å². The van der Waals surface area contributed by atoms with Gasteiger partial charge in [0.25, 0.3) is 0 Å². The fraction of sp³-hybridized carbons (Fsp3) is 0.417. The third kappa shape index (κ3) is 2.17. The van der Waals surface area contributed by atoms with Gasteiger partial charge in [-0.15, -0.1) is 0 Å². The Balaban J connectivity index is 2.29. The first-order chi connectivity index (χ1) is 7.70. The Morgan fingerprint density at radius 2 is 2.25 bits per heavy atom. The minimum atomic E-state index is 0.818. The molecule has 2 rings (SSSR count). The molecule has 0 aliphatic carbocycles. The van der Waals surface area contributed by atoms with Gasteiger partial charge in [-0.2, -0.15) is 0 Å². The highest BCUT2D eigenvalue weighted by molar-refractivity contribution is 5.54. The monoisotopic (exact) mass is 219 g/mol. The smallest absolute Gasteiger partial charge is 0.179 e. The van der Waals surface area contributed by atoms with Gasteiger partial charge in [0, 0.05) is 25.4 Å². The number of hydrogen-bond acceptors (Lipinski definition) is 3. The van der Waals surface area contributed by atoms with E-state index in [-0.39, 0.29) is 0 Å². The molecular formula is C12H17N3O. The summed E-state index contributed by atoms with van der Waals surface area (Å²) >= 11 is 0. The van der Waals surface area contributed by atoms with Crippen LogP contribution < -0.4 is 4.74 Å². The van der Waals surface area contributed by atoms with Crippen molar-refractivity contribution in [3.8, 4) is 5.75 Å². The van der Waals surface area contributed by atoms with Crippen LogP contribution in [0.15, 0.2) is 24.5 Å². The summed E-state index contributed by atoms with van der Waals surface area (Å²) in [5.74, 6) is 0.818. The van der Waals surface area contributed by atoms with E-state index in [2.05, 4.69) is 30.2 Å². The summed E-state index contributed by atoms with van der Waals surface area (Å²) in [5, 5.41) is 0. The Bertz CT molecular complexity index is 476. The van der Waals surface area contributed by atoms with Gasteiger partial charge in [-0.05, 0) is 26.2 Å². The van der Waals surface area contributed by atoms with E-state index in [0.717, 1.165) is 30.1 Å². The molecule has 0 N–H and O–H groups in total. The molecule has 2 heterocycles. The molecule has 0 spiro atoms. The minimum Gasteiger partial charge on any atom is -0.493 e. The molecule has 0 aliphatic heterocycles. The number of imidazole rings is 1. The second-order valence-corrected chi connectivity index (χ2v) is 4.09. The summed E-state index contributed by atoms with van der Waals surface area (Å²) in [7, 11) is 5.80. The summed E-state index contributed by atoms with van der Waals surface area (Å²) < 4.78 is 7.28. The molecule has 0 fully saturated rings. The zero-order chi connectivity index (χ0) is 11.5. The SMILES string of the molecule is COc1cccn2cc(CCN(C)C)nc12. The lowest BCUT2D eigenvalue weighted by Gasteiger charge is -2.06. The molecule has 0 atom stereocenters. The van der Waals surface area contributed by atoms with Crippen molar-refractivity contribution in [2.45, 2.75) is 6.42 Å². The molecule has 0 saturated heterocycles. The van der Waals surface area contributed by atoms with Crippen LogP contribution >= 0.6 is 0 Å². The van der Waals surface area contributed by atoms with E-state index in [1.807, 2.05) is 22.7 Å². The maximum absolute atomic E-state index is 5.27. The zero-order valence-electron chi connectivity index (χ0n) is 9.97. The minimum absolute atomic E-state index is 0.818. The van der Waals surface area contributed by atoms with Gasteiger partial charge in [0.05, 0.1) is 12.8 Å².